The number of benzene rings is 1. The van der Waals surface area contributed by atoms with Crippen LogP contribution in [-0.2, 0) is 6.42 Å². The summed E-state index contributed by atoms with van der Waals surface area (Å²) in [6.07, 6.45) is 6.25. The van der Waals surface area contributed by atoms with E-state index in [1.807, 2.05) is 12.1 Å². The predicted octanol–water partition coefficient (Wildman–Crippen LogP) is 2.69. The first-order valence-electron chi connectivity index (χ1n) is 6.38. The minimum absolute atomic E-state index is 0.414. The highest BCUT2D eigenvalue weighted by Crippen LogP contribution is 2.35. The fourth-order valence-electron chi connectivity index (χ4n) is 3.16. The average Bonchev–Trinajstić information content (AvgIpc) is 2.96. The van der Waals surface area contributed by atoms with Crippen LogP contribution in [0.3, 0.4) is 0 Å². The molecule has 1 fully saturated rings. The Morgan fingerprint density at radius 3 is 2.76 bits per heavy atom. The van der Waals surface area contributed by atoms with Crippen molar-refractivity contribution in [1.29, 1.82) is 0 Å². The monoisotopic (exact) mass is 231 g/mol. The lowest BCUT2D eigenvalue weighted by Gasteiger charge is -2.26. The quantitative estimate of drug-likeness (QED) is 0.850. The van der Waals surface area contributed by atoms with Crippen molar-refractivity contribution in [2.45, 2.75) is 38.1 Å². The predicted molar refractivity (Wildman–Crippen MR) is 66.7 cm³/mol. The van der Waals surface area contributed by atoms with Crippen LogP contribution in [0.25, 0.3) is 0 Å². The number of aromatic carboxylic acids is 1. The first-order valence-corrected chi connectivity index (χ1v) is 6.38. The maximum absolute atomic E-state index is 10.9. The number of anilines is 1. The number of rotatable bonds is 2. The van der Waals surface area contributed by atoms with Crippen molar-refractivity contribution in [3.8, 4) is 0 Å². The number of carbonyl (C=O) groups is 1. The summed E-state index contributed by atoms with van der Waals surface area (Å²) in [7, 11) is 0. The molecule has 17 heavy (non-hydrogen) atoms. The van der Waals surface area contributed by atoms with Gasteiger partial charge < -0.3 is 10.0 Å². The zero-order chi connectivity index (χ0) is 11.8. The van der Waals surface area contributed by atoms with E-state index >= 15 is 0 Å². The number of carboxylic acids is 1. The minimum Gasteiger partial charge on any atom is -0.478 e. The molecule has 0 amide bonds. The van der Waals surface area contributed by atoms with Gasteiger partial charge in [0.25, 0.3) is 0 Å². The highest BCUT2D eigenvalue weighted by atomic mass is 16.4. The summed E-state index contributed by atoms with van der Waals surface area (Å²) >= 11 is 0. The van der Waals surface area contributed by atoms with Gasteiger partial charge in [0.2, 0.25) is 0 Å². The molecule has 0 spiro atoms. The Hall–Kier alpha value is -1.51. The summed E-state index contributed by atoms with van der Waals surface area (Å²) < 4.78 is 0. The lowest BCUT2D eigenvalue weighted by atomic mass is 10.1. The third kappa shape index (κ3) is 1.79. The minimum atomic E-state index is -0.827. The first kappa shape index (κ1) is 10.6. The van der Waals surface area contributed by atoms with Crippen LogP contribution in [0.4, 0.5) is 5.69 Å². The zero-order valence-electron chi connectivity index (χ0n) is 9.85. The highest BCUT2D eigenvalue weighted by molar-refractivity contribution is 5.88. The summed E-state index contributed by atoms with van der Waals surface area (Å²) in [6.45, 7) is 1.06. The molecular weight excluding hydrogens is 214 g/mol. The van der Waals surface area contributed by atoms with Crippen molar-refractivity contribution in [3.05, 3.63) is 29.3 Å². The summed E-state index contributed by atoms with van der Waals surface area (Å²) in [5, 5.41) is 8.98. The molecule has 1 aromatic carbocycles. The summed E-state index contributed by atoms with van der Waals surface area (Å²) in [5.74, 6) is -0.827. The molecule has 0 radical (unpaired) electrons. The molecule has 0 aromatic heterocycles. The maximum atomic E-state index is 10.9. The van der Waals surface area contributed by atoms with E-state index in [9.17, 15) is 4.79 Å². The molecule has 1 heterocycles. The Bertz CT molecular complexity index is 450. The second kappa shape index (κ2) is 4.06. The highest BCUT2D eigenvalue weighted by Gasteiger charge is 2.28. The summed E-state index contributed by atoms with van der Waals surface area (Å²) in [4.78, 5) is 13.4. The third-order valence-electron chi connectivity index (χ3n) is 4.02. The largest absolute Gasteiger partial charge is 0.478 e. The van der Waals surface area contributed by atoms with Crippen LogP contribution in [0.5, 0.6) is 0 Å². The normalized spacial score (nSPS) is 19.6. The van der Waals surface area contributed by atoms with E-state index in [-0.39, 0.29) is 0 Å². The number of hydrogen-bond acceptors (Lipinski definition) is 2. The van der Waals surface area contributed by atoms with E-state index in [4.69, 9.17) is 5.11 Å². The maximum Gasteiger partial charge on any atom is 0.335 e. The molecule has 1 aromatic rings. The Labute approximate surface area is 101 Å². The SMILES string of the molecule is O=C(O)c1ccc2c(c1)CCN2C1CCCC1. The molecule has 1 N–H and O–H groups in total. The molecule has 0 unspecified atom stereocenters. The zero-order valence-corrected chi connectivity index (χ0v) is 9.85. The van der Waals surface area contributed by atoms with Crippen molar-refractivity contribution < 1.29 is 9.90 Å². The van der Waals surface area contributed by atoms with Crippen molar-refractivity contribution in [2.75, 3.05) is 11.4 Å². The third-order valence-corrected chi connectivity index (χ3v) is 4.02. The van der Waals surface area contributed by atoms with Crippen molar-refractivity contribution in [2.24, 2.45) is 0 Å². The van der Waals surface area contributed by atoms with Crippen LogP contribution in [0, 0.1) is 0 Å². The van der Waals surface area contributed by atoms with E-state index in [1.54, 1.807) is 6.07 Å². The molecule has 3 nitrogen and oxygen atoms in total. The molecule has 3 rings (SSSR count). The van der Waals surface area contributed by atoms with Crippen LogP contribution in [-0.4, -0.2) is 23.7 Å². The summed E-state index contributed by atoms with van der Waals surface area (Å²) in [6, 6.07) is 6.25. The van der Waals surface area contributed by atoms with Crippen molar-refractivity contribution >= 4 is 11.7 Å². The Morgan fingerprint density at radius 1 is 1.29 bits per heavy atom. The molecule has 0 bridgehead atoms. The van der Waals surface area contributed by atoms with E-state index in [2.05, 4.69) is 4.90 Å². The van der Waals surface area contributed by atoms with Gasteiger partial charge in [-0.2, -0.15) is 0 Å². The number of fused-ring (bicyclic) bond motifs is 1. The molecule has 0 saturated heterocycles. The Balaban J connectivity index is 1.89. The lowest BCUT2D eigenvalue weighted by molar-refractivity contribution is 0.0697. The number of hydrogen-bond donors (Lipinski definition) is 1. The van der Waals surface area contributed by atoms with Gasteiger partial charge in [-0.25, -0.2) is 4.79 Å². The Kier molecular flexibility index (Phi) is 2.54. The molecule has 1 aliphatic carbocycles. The van der Waals surface area contributed by atoms with E-state index in [0.717, 1.165) is 13.0 Å². The molecule has 3 heteroatoms. The van der Waals surface area contributed by atoms with Crippen LogP contribution < -0.4 is 4.90 Å². The van der Waals surface area contributed by atoms with Crippen LogP contribution >= 0.6 is 0 Å². The van der Waals surface area contributed by atoms with E-state index in [1.165, 1.54) is 36.9 Å². The lowest BCUT2D eigenvalue weighted by Crippen LogP contribution is -2.31. The van der Waals surface area contributed by atoms with Gasteiger partial charge in [-0.1, -0.05) is 12.8 Å². The van der Waals surface area contributed by atoms with Crippen LogP contribution in [0.15, 0.2) is 18.2 Å². The van der Waals surface area contributed by atoms with Gasteiger partial charge in [-0.3, -0.25) is 0 Å². The number of nitrogens with zero attached hydrogens (tertiary/aromatic N) is 1. The fourth-order valence-corrected chi connectivity index (χ4v) is 3.16. The summed E-state index contributed by atoms with van der Waals surface area (Å²) in [5.41, 5.74) is 2.88. The fraction of sp³-hybridized carbons (Fsp3) is 0.500. The van der Waals surface area contributed by atoms with Crippen LogP contribution in [0.2, 0.25) is 0 Å². The van der Waals surface area contributed by atoms with Gasteiger partial charge in [-0.05, 0) is 43.0 Å². The van der Waals surface area contributed by atoms with Gasteiger partial charge in [0.15, 0.2) is 0 Å². The topological polar surface area (TPSA) is 40.5 Å². The second-order valence-corrected chi connectivity index (χ2v) is 5.03. The molecule has 1 aliphatic heterocycles. The second-order valence-electron chi connectivity index (χ2n) is 5.03. The molecule has 1 saturated carbocycles. The number of carboxylic acid groups (broad SMARTS) is 1. The molecule has 2 aliphatic rings. The van der Waals surface area contributed by atoms with Gasteiger partial charge in [0, 0.05) is 18.3 Å². The van der Waals surface area contributed by atoms with Crippen LogP contribution in [0.1, 0.15) is 41.6 Å². The molecule has 90 valence electrons. The molecular formula is C14H17NO2. The van der Waals surface area contributed by atoms with Crippen molar-refractivity contribution in [3.63, 3.8) is 0 Å². The van der Waals surface area contributed by atoms with Gasteiger partial charge >= 0.3 is 5.97 Å². The van der Waals surface area contributed by atoms with Gasteiger partial charge in [-0.15, -0.1) is 0 Å². The van der Waals surface area contributed by atoms with E-state index in [0.29, 0.717) is 11.6 Å². The standard InChI is InChI=1S/C14H17NO2/c16-14(17)11-5-6-13-10(9-11)7-8-15(13)12-3-1-2-4-12/h5-6,9,12H,1-4,7-8H2,(H,16,17). The Morgan fingerprint density at radius 2 is 2.06 bits per heavy atom. The van der Waals surface area contributed by atoms with Crippen molar-refractivity contribution in [1.82, 2.24) is 0 Å². The van der Waals surface area contributed by atoms with Gasteiger partial charge in [0.05, 0.1) is 5.56 Å². The smallest absolute Gasteiger partial charge is 0.335 e. The first-order chi connectivity index (χ1) is 8.25. The average molecular weight is 231 g/mol. The van der Waals surface area contributed by atoms with E-state index < -0.39 is 5.97 Å². The van der Waals surface area contributed by atoms with Gasteiger partial charge in [0.1, 0.15) is 0 Å². The molecule has 0 atom stereocenters.